The fourth-order valence-corrected chi connectivity index (χ4v) is 6.04. The highest BCUT2D eigenvalue weighted by molar-refractivity contribution is 9.10. The molecule has 0 bridgehead atoms. The van der Waals surface area contributed by atoms with Crippen LogP contribution in [0, 0.1) is 13.8 Å². The van der Waals surface area contributed by atoms with Gasteiger partial charge in [-0.3, -0.25) is 9.10 Å². The Labute approximate surface area is 215 Å². The summed E-state index contributed by atoms with van der Waals surface area (Å²) < 4.78 is 35.3. The highest BCUT2D eigenvalue weighted by atomic mass is 79.9. The van der Waals surface area contributed by atoms with Gasteiger partial charge >= 0.3 is 0 Å². The zero-order chi connectivity index (χ0) is 25.4. The molecular formula is C27H29BrN2O4S. The molecule has 0 aromatic heterocycles. The maximum atomic E-state index is 13.6. The summed E-state index contributed by atoms with van der Waals surface area (Å²) in [5.74, 6) is 0.345. The van der Waals surface area contributed by atoms with Crippen LogP contribution in [-0.2, 0) is 14.8 Å². The van der Waals surface area contributed by atoms with E-state index in [1.54, 1.807) is 42.5 Å². The monoisotopic (exact) mass is 556 g/mol. The Bertz CT molecular complexity index is 1350. The summed E-state index contributed by atoms with van der Waals surface area (Å²) in [6, 6.07) is 19.1. The maximum Gasteiger partial charge on any atom is 0.264 e. The third-order valence-corrected chi connectivity index (χ3v) is 8.24. The molecule has 1 atom stereocenters. The van der Waals surface area contributed by atoms with Crippen LogP contribution in [0.2, 0.25) is 0 Å². The number of fused-ring (bicyclic) bond motifs is 1. The third kappa shape index (κ3) is 5.70. The van der Waals surface area contributed by atoms with E-state index in [1.807, 2.05) is 52.0 Å². The summed E-state index contributed by atoms with van der Waals surface area (Å²) >= 11 is 3.41. The summed E-state index contributed by atoms with van der Waals surface area (Å²) in [4.78, 5) is 13.5. The van der Waals surface area contributed by atoms with Crippen LogP contribution in [0.25, 0.3) is 0 Å². The first kappa shape index (κ1) is 25.3. The Morgan fingerprint density at radius 2 is 1.74 bits per heavy atom. The van der Waals surface area contributed by atoms with Gasteiger partial charge in [-0.1, -0.05) is 51.8 Å². The van der Waals surface area contributed by atoms with Gasteiger partial charge in [0.25, 0.3) is 10.0 Å². The van der Waals surface area contributed by atoms with Crippen LogP contribution < -0.4 is 14.4 Å². The molecule has 1 amide bonds. The lowest BCUT2D eigenvalue weighted by Crippen LogP contribution is -2.45. The number of hydrogen-bond acceptors (Lipinski definition) is 4. The molecule has 1 N–H and O–H groups in total. The van der Waals surface area contributed by atoms with Gasteiger partial charge in [0.15, 0.2) is 0 Å². The van der Waals surface area contributed by atoms with E-state index in [4.69, 9.17) is 4.74 Å². The van der Waals surface area contributed by atoms with E-state index in [0.29, 0.717) is 12.1 Å². The lowest BCUT2D eigenvalue weighted by Gasteiger charge is -2.38. The van der Waals surface area contributed by atoms with Gasteiger partial charge in [0.05, 0.1) is 16.6 Å². The third-order valence-electron chi connectivity index (χ3n) is 5.95. The average molecular weight is 558 g/mol. The molecule has 0 radical (unpaired) electrons. The minimum absolute atomic E-state index is 0.129. The smallest absolute Gasteiger partial charge is 0.264 e. The highest BCUT2D eigenvalue weighted by Crippen LogP contribution is 2.40. The van der Waals surface area contributed by atoms with Gasteiger partial charge in [-0.2, -0.15) is 0 Å². The summed E-state index contributed by atoms with van der Waals surface area (Å²) in [6.07, 6.45) is 0.566. The van der Waals surface area contributed by atoms with Gasteiger partial charge in [0, 0.05) is 16.5 Å². The molecule has 8 heteroatoms. The molecule has 184 valence electrons. The van der Waals surface area contributed by atoms with Crippen molar-refractivity contribution in [2.24, 2.45) is 0 Å². The first-order valence-electron chi connectivity index (χ1n) is 11.4. The summed E-state index contributed by atoms with van der Waals surface area (Å²) in [7, 11) is -3.99. The Morgan fingerprint density at radius 1 is 1.06 bits per heavy atom. The number of amides is 1. The number of benzene rings is 3. The van der Waals surface area contributed by atoms with Crippen LogP contribution in [0.15, 0.2) is 76.1 Å². The predicted molar refractivity (Wildman–Crippen MR) is 141 cm³/mol. The quantitative estimate of drug-likeness (QED) is 0.423. The number of nitrogens with one attached hydrogen (secondary N) is 1. The van der Waals surface area contributed by atoms with E-state index >= 15 is 0 Å². The van der Waals surface area contributed by atoms with Crippen molar-refractivity contribution >= 4 is 37.5 Å². The maximum absolute atomic E-state index is 13.6. The fraction of sp³-hybridized carbons (Fsp3) is 0.296. The molecule has 1 heterocycles. The van der Waals surface area contributed by atoms with Crippen molar-refractivity contribution < 1.29 is 17.9 Å². The number of nitrogens with zero attached hydrogens (tertiary/aromatic N) is 1. The number of ether oxygens (including phenoxy) is 1. The van der Waals surface area contributed by atoms with E-state index in [9.17, 15) is 13.2 Å². The van der Waals surface area contributed by atoms with Crippen LogP contribution in [0.5, 0.6) is 5.75 Å². The zero-order valence-electron chi connectivity index (χ0n) is 20.2. The Balaban J connectivity index is 1.65. The average Bonchev–Trinajstić information content (AvgIpc) is 2.76. The van der Waals surface area contributed by atoms with Crippen molar-refractivity contribution in [3.63, 3.8) is 0 Å². The van der Waals surface area contributed by atoms with Crippen molar-refractivity contribution in [3.05, 3.63) is 87.9 Å². The molecule has 0 spiro atoms. The minimum Gasteiger partial charge on any atom is -0.487 e. The van der Waals surface area contributed by atoms with Crippen molar-refractivity contribution in [1.82, 2.24) is 5.32 Å². The number of anilines is 1. The van der Waals surface area contributed by atoms with Crippen molar-refractivity contribution in [3.8, 4) is 5.75 Å². The molecule has 4 rings (SSSR count). The SMILES string of the molecule is Cc1ccc(S(=O)(=O)N(CC(=O)NC2CC(C)(C)Oc3cc(C)ccc32)c2cccc(Br)c2)cc1. The van der Waals surface area contributed by atoms with Crippen LogP contribution in [0.4, 0.5) is 5.69 Å². The van der Waals surface area contributed by atoms with E-state index in [1.165, 1.54) is 0 Å². The van der Waals surface area contributed by atoms with E-state index in [0.717, 1.165) is 31.2 Å². The van der Waals surface area contributed by atoms with Gasteiger partial charge in [0.1, 0.15) is 17.9 Å². The van der Waals surface area contributed by atoms with Crippen LogP contribution in [-0.4, -0.2) is 26.5 Å². The van der Waals surface area contributed by atoms with Gasteiger partial charge in [-0.25, -0.2) is 8.42 Å². The molecule has 1 unspecified atom stereocenters. The van der Waals surface area contributed by atoms with Crippen molar-refractivity contribution in [2.75, 3.05) is 10.8 Å². The Morgan fingerprint density at radius 3 is 2.43 bits per heavy atom. The first-order chi connectivity index (χ1) is 16.4. The molecule has 0 aliphatic carbocycles. The first-order valence-corrected chi connectivity index (χ1v) is 13.6. The number of aryl methyl sites for hydroxylation is 2. The number of hydrogen-bond donors (Lipinski definition) is 1. The summed E-state index contributed by atoms with van der Waals surface area (Å²) in [5, 5.41) is 3.06. The second kappa shape index (κ2) is 9.66. The molecule has 0 saturated carbocycles. The molecule has 0 fully saturated rings. The normalized spacial score (nSPS) is 16.7. The lowest BCUT2D eigenvalue weighted by atomic mass is 9.89. The Kier molecular flexibility index (Phi) is 6.97. The number of carbonyl (C=O) groups is 1. The topological polar surface area (TPSA) is 75.7 Å². The molecule has 3 aromatic rings. The second-order valence-corrected chi connectivity index (χ2v) is 12.3. The van der Waals surface area contributed by atoms with E-state index in [2.05, 4.69) is 21.2 Å². The Hall–Kier alpha value is -2.84. The van der Waals surface area contributed by atoms with Crippen LogP contribution in [0.1, 0.15) is 43.0 Å². The fourth-order valence-electron chi connectivity index (χ4n) is 4.24. The number of halogens is 1. The summed E-state index contributed by atoms with van der Waals surface area (Å²) in [5.41, 5.74) is 2.83. The van der Waals surface area contributed by atoms with Gasteiger partial charge in [0.2, 0.25) is 5.91 Å². The van der Waals surface area contributed by atoms with Gasteiger partial charge in [-0.15, -0.1) is 0 Å². The molecule has 3 aromatic carbocycles. The van der Waals surface area contributed by atoms with Crippen LogP contribution in [0.3, 0.4) is 0 Å². The molecule has 6 nitrogen and oxygen atoms in total. The second-order valence-electron chi connectivity index (χ2n) is 9.53. The summed E-state index contributed by atoms with van der Waals surface area (Å²) in [6.45, 7) is 7.49. The number of sulfonamides is 1. The largest absolute Gasteiger partial charge is 0.487 e. The molecule has 1 aliphatic rings. The molecule has 1 aliphatic heterocycles. The highest BCUT2D eigenvalue weighted by Gasteiger charge is 2.35. The zero-order valence-corrected chi connectivity index (χ0v) is 22.6. The number of carbonyl (C=O) groups excluding carboxylic acids is 1. The van der Waals surface area contributed by atoms with Gasteiger partial charge in [-0.05, 0) is 69.7 Å². The van der Waals surface area contributed by atoms with E-state index < -0.39 is 21.5 Å². The molecular weight excluding hydrogens is 528 g/mol. The van der Waals surface area contributed by atoms with E-state index in [-0.39, 0.29) is 17.5 Å². The van der Waals surface area contributed by atoms with Crippen molar-refractivity contribution in [1.29, 1.82) is 0 Å². The minimum atomic E-state index is -3.99. The van der Waals surface area contributed by atoms with Gasteiger partial charge < -0.3 is 10.1 Å². The molecule has 0 saturated heterocycles. The lowest BCUT2D eigenvalue weighted by molar-refractivity contribution is -0.120. The standard InChI is InChI=1S/C27H29BrN2O4S/c1-18-8-11-22(12-9-18)35(32,33)30(21-7-5-6-20(28)15-21)17-26(31)29-24-16-27(3,4)34-25-14-19(2)10-13-23(24)25/h5-15,24H,16-17H2,1-4H3,(H,29,31). The predicted octanol–water partition coefficient (Wildman–Crippen LogP) is 5.68. The molecule has 35 heavy (non-hydrogen) atoms. The van der Waals surface area contributed by atoms with Crippen LogP contribution >= 0.6 is 15.9 Å². The van der Waals surface area contributed by atoms with Crippen molar-refractivity contribution in [2.45, 2.75) is 50.7 Å². The number of rotatable bonds is 6.